The quantitative estimate of drug-likeness (QED) is 0.125. The van der Waals surface area contributed by atoms with Gasteiger partial charge in [0, 0.05) is 99.7 Å². The summed E-state index contributed by atoms with van der Waals surface area (Å²) in [7, 11) is 3.78. The van der Waals surface area contributed by atoms with E-state index in [0.717, 1.165) is 59.8 Å². The van der Waals surface area contributed by atoms with E-state index in [1.54, 1.807) is 23.5 Å². The number of amides is 4. The van der Waals surface area contributed by atoms with Crippen molar-refractivity contribution in [2.24, 2.45) is 16.7 Å². The van der Waals surface area contributed by atoms with Gasteiger partial charge in [0.05, 0.1) is 57.6 Å². The topological polar surface area (TPSA) is 175 Å². The van der Waals surface area contributed by atoms with Gasteiger partial charge >= 0.3 is 5.97 Å². The third-order valence-electron chi connectivity index (χ3n) is 16.4. The number of halogens is 3. The normalized spacial score (nSPS) is 22.9. The highest BCUT2D eigenvalue weighted by molar-refractivity contribution is 7.10. The fourth-order valence-corrected chi connectivity index (χ4v) is 13.0. The number of methoxy groups -OCH3 is 1. The molecular formula is C55H73ClF2N10O7S. The lowest BCUT2D eigenvalue weighted by molar-refractivity contribution is -0.160. The molecular weight excluding hydrogens is 1020 g/mol. The number of cyclic esters (lactones) is 1. The third kappa shape index (κ3) is 11.1. The lowest BCUT2D eigenvalue weighted by Crippen LogP contribution is -2.64. The van der Waals surface area contributed by atoms with Gasteiger partial charge in [-0.1, -0.05) is 39.3 Å². The first-order valence-electron chi connectivity index (χ1n) is 26.9. The molecule has 5 atom stereocenters. The number of pyridine rings is 1. The molecule has 6 bridgehead atoms. The van der Waals surface area contributed by atoms with Crippen molar-refractivity contribution in [1.82, 2.24) is 45.0 Å². The Morgan fingerprint density at radius 3 is 2.42 bits per heavy atom. The third-order valence-corrected chi connectivity index (χ3v) is 17.4. The minimum absolute atomic E-state index is 0.0360. The number of aromatic nitrogens is 3. The van der Waals surface area contributed by atoms with Gasteiger partial charge in [-0.3, -0.25) is 34.0 Å². The Bertz CT molecular complexity index is 2840. The number of carbonyl (C=O) groups is 5. The highest BCUT2D eigenvalue weighted by Gasteiger charge is 2.50. The molecule has 9 rings (SSSR count). The molecule has 0 saturated carbocycles. The molecule has 21 heteroatoms. The number of aryl methyl sites for hydroxylation is 1. The maximum Gasteiger partial charge on any atom is 0.324 e. The Morgan fingerprint density at radius 1 is 1.00 bits per heavy atom. The summed E-state index contributed by atoms with van der Waals surface area (Å²) >= 11 is 6.73. The first-order valence-corrected chi connectivity index (χ1v) is 28.2. The summed E-state index contributed by atoms with van der Waals surface area (Å²) in [5.74, 6) is -3.45. The molecule has 4 amide bonds. The number of piperazine rings is 1. The van der Waals surface area contributed by atoms with E-state index in [4.69, 9.17) is 31.0 Å². The van der Waals surface area contributed by atoms with Gasteiger partial charge in [0.25, 0.3) is 17.4 Å². The highest BCUT2D eigenvalue weighted by atomic mass is 35.5. The Hall–Kier alpha value is -5.28. The maximum absolute atomic E-state index is 17.0. The Balaban J connectivity index is 1.10. The van der Waals surface area contributed by atoms with E-state index in [-0.39, 0.29) is 56.2 Å². The first kappa shape index (κ1) is 55.5. The number of nitrogens with one attached hydrogen (secondary N) is 2. The number of nitrogens with zero attached hydrogens (tertiary/aromatic N) is 8. The van der Waals surface area contributed by atoms with Crippen LogP contribution in [0.1, 0.15) is 102 Å². The summed E-state index contributed by atoms with van der Waals surface area (Å²) in [6, 6.07) is 2.58. The number of hydrogen-bond donors (Lipinski definition) is 2. The van der Waals surface area contributed by atoms with Crippen LogP contribution in [0.5, 0.6) is 0 Å². The van der Waals surface area contributed by atoms with Crippen molar-refractivity contribution in [2.45, 2.75) is 129 Å². The number of rotatable bonds is 10. The van der Waals surface area contributed by atoms with Crippen molar-refractivity contribution in [1.29, 1.82) is 0 Å². The number of likely N-dealkylation sites (tertiary alicyclic amines) is 2. The monoisotopic (exact) mass is 1090 g/mol. The zero-order valence-corrected chi connectivity index (χ0v) is 46.6. The fourth-order valence-electron chi connectivity index (χ4n) is 12.1. The van der Waals surface area contributed by atoms with Gasteiger partial charge in [0.2, 0.25) is 11.8 Å². The van der Waals surface area contributed by atoms with Gasteiger partial charge in [0.1, 0.15) is 23.9 Å². The SMILES string of the molecule is CCn1c(-c2cc(N3CCN(C)CC3)cnc2[C@H](C)OC)c2c3cc(c(F)cc31)-c1csc(n1)C[C@H](NC(=O)[C@H](C(C)C)N1CCCC3(CCN(C(=O)[C@H](F)Cl)CC3)C1=O)C(=O)N1CCC[C@H](N1)C(=O)OCC(C)(C)C2. The number of benzene rings is 1. The van der Waals surface area contributed by atoms with Crippen LogP contribution in [0.3, 0.4) is 0 Å². The number of esters is 1. The van der Waals surface area contributed by atoms with E-state index in [0.29, 0.717) is 74.3 Å². The maximum atomic E-state index is 17.0. The van der Waals surface area contributed by atoms with Crippen molar-refractivity contribution in [3.05, 3.63) is 51.9 Å². The summed E-state index contributed by atoms with van der Waals surface area (Å²) in [5, 5.41) is 7.43. The molecule has 2 N–H and O–H groups in total. The van der Waals surface area contributed by atoms with Gasteiger partial charge in [-0.05, 0) is 95.5 Å². The van der Waals surface area contributed by atoms with Crippen LogP contribution in [0.2, 0.25) is 0 Å². The summed E-state index contributed by atoms with van der Waals surface area (Å²) < 4.78 is 45.1. The van der Waals surface area contributed by atoms with Crippen LogP contribution < -0.4 is 15.6 Å². The van der Waals surface area contributed by atoms with E-state index in [9.17, 15) is 28.4 Å². The molecule has 4 fully saturated rings. The number of piperidine rings is 2. The second-order valence-electron chi connectivity index (χ2n) is 22.6. The predicted octanol–water partition coefficient (Wildman–Crippen LogP) is 6.88. The number of thiazole rings is 1. The zero-order chi connectivity index (χ0) is 54.4. The molecule has 0 radical (unpaired) electrons. The van der Waals surface area contributed by atoms with Gasteiger partial charge in [-0.2, -0.15) is 0 Å². The zero-order valence-electron chi connectivity index (χ0n) is 45.1. The second kappa shape index (κ2) is 22.6. The van der Waals surface area contributed by atoms with Crippen molar-refractivity contribution in [3.63, 3.8) is 0 Å². The van der Waals surface area contributed by atoms with Crippen molar-refractivity contribution >= 4 is 69.1 Å². The van der Waals surface area contributed by atoms with Gasteiger partial charge in [-0.15, -0.1) is 11.3 Å². The Kier molecular flexibility index (Phi) is 16.5. The van der Waals surface area contributed by atoms with Crippen LogP contribution in [0, 0.1) is 22.6 Å². The van der Waals surface area contributed by atoms with Gasteiger partial charge in [-0.25, -0.2) is 19.2 Å². The Labute approximate surface area is 452 Å². The molecule has 1 aromatic carbocycles. The van der Waals surface area contributed by atoms with Crippen molar-refractivity contribution in [3.8, 4) is 22.5 Å². The lowest BCUT2D eigenvalue weighted by atomic mass is 9.71. The number of ether oxygens (including phenoxy) is 2. The van der Waals surface area contributed by atoms with Crippen LogP contribution in [0.25, 0.3) is 33.4 Å². The molecule has 76 heavy (non-hydrogen) atoms. The van der Waals surface area contributed by atoms with E-state index in [2.05, 4.69) is 38.2 Å². The molecule has 1 spiro atoms. The molecule has 4 aromatic rings. The average Bonchev–Trinajstić information content (AvgIpc) is 4.03. The van der Waals surface area contributed by atoms with Crippen LogP contribution in [0.4, 0.5) is 14.5 Å². The lowest BCUT2D eigenvalue weighted by Gasteiger charge is -2.48. The van der Waals surface area contributed by atoms with E-state index >= 15 is 4.39 Å². The number of hydrazine groups is 1. The van der Waals surface area contributed by atoms with E-state index in [1.165, 1.54) is 21.2 Å². The summed E-state index contributed by atoms with van der Waals surface area (Å²) in [4.78, 5) is 88.5. The number of carbonyl (C=O) groups excluding carboxylic acids is 5. The molecule has 5 aliphatic rings. The first-order chi connectivity index (χ1) is 36.2. The summed E-state index contributed by atoms with van der Waals surface area (Å²) in [6.45, 7) is 16.7. The van der Waals surface area contributed by atoms with Gasteiger partial charge in [0.15, 0.2) is 0 Å². The predicted molar refractivity (Wildman–Crippen MR) is 288 cm³/mol. The standard InChI is InChI=1S/C55H73ClF2N10O7S/c1-9-66-43-26-39(57)36-25-35(43)38(47(66)37-24-34(29-59-45(37)33(4)74-8)64-22-20-63(7)21-23-64)28-54(5,6)31-75-52(72)40-12-10-17-68(62-40)50(70)41(27-44-60-42(36)30-76-44)61-49(69)46(32(2)3)67-16-11-13-55(53(67)73)14-18-65(19-15-55)51(71)48(56)58/h24-26,29-30,32-33,40-41,46,48,62H,9-23,27-28,31H2,1-8H3,(H,61,69)/t33-,40-,41-,46-,48-/m0/s1. The van der Waals surface area contributed by atoms with Crippen LogP contribution in [0.15, 0.2) is 29.8 Å². The van der Waals surface area contributed by atoms with Crippen LogP contribution in [-0.2, 0) is 52.8 Å². The minimum Gasteiger partial charge on any atom is -0.464 e. The summed E-state index contributed by atoms with van der Waals surface area (Å²) in [6.07, 6.45) is 4.57. The van der Waals surface area contributed by atoms with Gasteiger partial charge < -0.3 is 39.0 Å². The number of anilines is 1. The fraction of sp³-hybridized carbons (Fsp3) is 0.618. The van der Waals surface area contributed by atoms with E-state index < -0.39 is 64.1 Å². The number of likely N-dealkylation sites (N-methyl/N-ethyl adjacent to an activating group) is 1. The minimum atomic E-state index is -2.17. The molecule has 0 unspecified atom stereocenters. The molecule has 17 nitrogen and oxygen atoms in total. The van der Waals surface area contributed by atoms with E-state index in [1.807, 2.05) is 53.8 Å². The molecule has 412 valence electrons. The highest BCUT2D eigenvalue weighted by Crippen LogP contribution is 2.45. The molecule has 3 aromatic heterocycles. The number of hydrogen-bond acceptors (Lipinski definition) is 13. The number of alkyl halides is 2. The van der Waals surface area contributed by atoms with Crippen LogP contribution >= 0.6 is 22.9 Å². The molecule has 4 saturated heterocycles. The van der Waals surface area contributed by atoms with Crippen LogP contribution in [-0.4, -0.2) is 161 Å². The largest absolute Gasteiger partial charge is 0.464 e. The molecule has 8 heterocycles. The average molecular weight is 1090 g/mol. The molecule has 0 aliphatic carbocycles. The van der Waals surface area contributed by atoms with Crippen molar-refractivity contribution in [2.75, 3.05) is 78.0 Å². The number of fused-ring (bicyclic) bond motifs is 6. The Morgan fingerprint density at radius 2 is 1.74 bits per heavy atom. The molecule has 5 aliphatic heterocycles. The van der Waals surface area contributed by atoms with Crippen molar-refractivity contribution < 1.29 is 42.2 Å². The second-order valence-corrected chi connectivity index (χ2v) is 23.9. The summed E-state index contributed by atoms with van der Waals surface area (Å²) in [5.41, 5.74) is 5.22. The smallest absolute Gasteiger partial charge is 0.324 e.